The molecule has 0 aromatic heterocycles. The molecule has 0 radical (unpaired) electrons. The highest BCUT2D eigenvalue weighted by atomic mass is 79.9. The van der Waals surface area contributed by atoms with Gasteiger partial charge in [-0.1, -0.05) is 31.4 Å². The lowest BCUT2D eigenvalue weighted by Crippen LogP contribution is -2.40. The minimum absolute atomic E-state index is 0.0550. The molecular weight excluding hydrogens is 322 g/mol. The van der Waals surface area contributed by atoms with E-state index in [1.165, 1.54) is 19.3 Å². The van der Waals surface area contributed by atoms with Gasteiger partial charge in [-0.2, -0.15) is 0 Å². The predicted octanol–water partition coefficient (Wildman–Crippen LogP) is 4.38. The topological polar surface area (TPSA) is 29.1 Å². The predicted molar refractivity (Wildman–Crippen MR) is 84.5 cm³/mol. The number of carbonyl (C=O) groups is 1. The standard InChI is InChI=1S/C15H20BrNOS/c1-11(19-14-10-6-5-9-13(14)16)15(18)17-12-7-3-2-4-8-12/h5-6,9-12H,2-4,7-8H2,1H3,(H,17,18). The van der Waals surface area contributed by atoms with Crippen molar-refractivity contribution in [1.82, 2.24) is 5.32 Å². The molecule has 1 aliphatic rings. The molecule has 0 spiro atoms. The van der Waals surface area contributed by atoms with Crippen LogP contribution in [-0.2, 0) is 4.79 Å². The van der Waals surface area contributed by atoms with Gasteiger partial charge in [-0.25, -0.2) is 0 Å². The largest absolute Gasteiger partial charge is 0.352 e. The summed E-state index contributed by atoms with van der Waals surface area (Å²) in [7, 11) is 0. The number of carbonyl (C=O) groups excluding carboxylic acids is 1. The zero-order chi connectivity index (χ0) is 13.7. The Morgan fingerprint density at radius 1 is 1.32 bits per heavy atom. The normalized spacial score (nSPS) is 18.0. The van der Waals surface area contributed by atoms with Crippen molar-refractivity contribution in [1.29, 1.82) is 0 Å². The summed E-state index contributed by atoms with van der Waals surface area (Å²) >= 11 is 5.13. The monoisotopic (exact) mass is 341 g/mol. The molecule has 1 saturated carbocycles. The van der Waals surface area contributed by atoms with Crippen molar-refractivity contribution in [2.24, 2.45) is 0 Å². The van der Waals surface area contributed by atoms with Crippen molar-refractivity contribution in [3.8, 4) is 0 Å². The van der Waals surface area contributed by atoms with Crippen LogP contribution in [0.15, 0.2) is 33.6 Å². The van der Waals surface area contributed by atoms with Gasteiger partial charge in [0.1, 0.15) is 0 Å². The maximum Gasteiger partial charge on any atom is 0.233 e. The average Bonchev–Trinajstić information content (AvgIpc) is 2.42. The van der Waals surface area contributed by atoms with Crippen LogP contribution in [0.5, 0.6) is 0 Å². The van der Waals surface area contributed by atoms with Crippen LogP contribution < -0.4 is 5.32 Å². The Morgan fingerprint density at radius 3 is 2.68 bits per heavy atom. The van der Waals surface area contributed by atoms with Gasteiger partial charge in [0.2, 0.25) is 5.91 Å². The fourth-order valence-corrected chi connectivity index (χ4v) is 3.81. The van der Waals surface area contributed by atoms with Crippen molar-refractivity contribution < 1.29 is 4.79 Å². The summed E-state index contributed by atoms with van der Waals surface area (Å²) in [5, 5.41) is 3.13. The third kappa shape index (κ3) is 4.53. The van der Waals surface area contributed by atoms with Gasteiger partial charge in [-0.3, -0.25) is 4.79 Å². The van der Waals surface area contributed by atoms with E-state index in [2.05, 4.69) is 21.2 Å². The molecule has 4 heteroatoms. The van der Waals surface area contributed by atoms with E-state index in [9.17, 15) is 4.79 Å². The number of thioether (sulfide) groups is 1. The van der Waals surface area contributed by atoms with Crippen LogP contribution in [-0.4, -0.2) is 17.2 Å². The van der Waals surface area contributed by atoms with Gasteiger partial charge in [-0.05, 0) is 47.8 Å². The zero-order valence-corrected chi connectivity index (χ0v) is 13.6. The first-order valence-corrected chi connectivity index (χ1v) is 8.55. The number of benzene rings is 1. The SMILES string of the molecule is CC(Sc1ccccc1Br)C(=O)NC1CCCCC1. The molecule has 1 atom stereocenters. The Hall–Kier alpha value is -0.480. The van der Waals surface area contributed by atoms with Crippen molar-refractivity contribution >= 4 is 33.6 Å². The van der Waals surface area contributed by atoms with Gasteiger partial charge < -0.3 is 5.32 Å². The first-order chi connectivity index (χ1) is 9.16. The van der Waals surface area contributed by atoms with E-state index in [-0.39, 0.29) is 11.2 Å². The van der Waals surface area contributed by atoms with E-state index in [0.29, 0.717) is 6.04 Å². The summed E-state index contributed by atoms with van der Waals surface area (Å²) in [6.07, 6.45) is 6.08. The van der Waals surface area contributed by atoms with E-state index < -0.39 is 0 Å². The van der Waals surface area contributed by atoms with Crippen LogP contribution >= 0.6 is 27.7 Å². The molecule has 0 saturated heterocycles. The van der Waals surface area contributed by atoms with Gasteiger partial charge in [0, 0.05) is 15.4 Å². The van der Waals surface area contributed by atoms with E-state index in [4.69, 9.17) is 0 Å². The fourth-order valence-electron chi connectivity index (χ4n) is 2.35. The highest BCUT2D eigenvalue weighted by molar-refractivity contribution is 9.10. The maximum atomic E-state index is 12.2. The van der Waals surface area contributed by atoms with Gasteiger partial charge in [0.15, 0.2) is 0 Å². The number of rotatable bonds is 4. The van der Waals surface area contributed by atoms with Crippen LogP contribution in [0.2, 0.25) is 0 Å². The second kappa shape index (κ2) is 7.34. The van der Waals surface area contributed by atoms with Crippen molar-refractivity contribution in [3.63, 3.8) is 0 Å². The van der Waals surface area contributed by atoms with E-state index in [1.54, 1.807) is 11.8 Å². The van der Waals surface area contributed by atoms with Crippen molar-refractivity contribution in [2.75, 3.05) is 0 Å². The molecule has 1 aliphatic carbocycles. The van der Waals surface area contributed by atoms with Crippen LogP contribution in [0.4, 0.5) is 0 Å². The molecular formula is C15H20BrNOS. The summed E-state index contributed by atoms with van der Waals surface area (Å²) in [6.45, 7) is 1.97. The number of hydrogen-bond donors (Lipinski definition) is 1. The maximum absolute atomic E-state index is 12.2. The molecule has 2 rings (SSSR count). The zero-order valence-electron chi connectivity index (χ0n) is 11.2. The molecule has 104 valence electrons. The Kier molecular flexibility index (Phi) is 5.76. The molecule has 1 amide bonds. The molecule has 1 aromatic rings. The van der Waals surface area contributed by atoms with Gasteiger partial charge in [0.05, 0.1) is 5.25 Å². The molecule has 19 heavy (non-hydrogen) atoms. The molecule has 0 aliphatic heterocycles. The minimum atomic E-state index is -0.0550. The molecule has 1 aromatic carbocycles. The Balaban J connectivity index is 1.87. The molecule has 0 bridgehead atoms. The van der Waals surface area contributed by atoms with Crippen molar-refractivity contribution in [2.45, 2.75) is 55.2 Å². The van der Waals surface area contributed by atoms with Crippen molar-refractivity contribution in [3.05, 3.63) is 28.7 Å². The summed E-state index contributed by atoms with van der Waals surface area (Å²) in [5.41, 5.74) is 0. The lowest BCUT2D eigenvalue weighted by Gasteiger charge is -2.24. The highest BCUT2D eigenvalue weighted by Gasteiger charge is 2.20. The third-order valence-corrected chi connectivity index (χ3v) is 5.59. The smallest absolute Gasteiger partial charge is 0.233 e. The van der Waals surface area contributed by atoms with E-state index in [1.807, 2.05) is 31.2 Å². The van der Waals surface area contributed by atoms with Gasteiger partial charge in [-0.15, -0.1) is 11.8 Å². The second-order valence-corrected chi connectivity index (χ2v) is 7.27. The summed E-state index contributed by atoms with van der Waals surface area (Å²) < 4.78 is 1.05. The second-order valence-electron chi connectivity index (χ2n) is 5.03. The molecule has 1 fully saturated rings. The van der Waals surface area contributed by atoms with Crippen LogP contribution in [0, 0.1) is 0 Å². The highest BCUT2D eigenvalue weighted by Crippen LogP contribution is 2.30. The number of amides is 1. The van der Waals surface area contributed by atoms with Gasteiger partial charge >= 0.3 is 0 Å². The molecule has 1 unspecified atom stereocenters. The Labute approximate surface area is 127 Å². The fraction of sp³-hybridized carbons (Fsp3) is 0.533. The van der Waals surface area contributed by atoms with Gasteiger partial charge in [0.25, 0.3) is 0 Å². The Bertz CT molecular complexity index is 432. The average molecular weight is 342 g/mol. The number of hydrogen-bond acceptors (Lipinski definition) is 2. The Morgan fingerprint density at radius 2 is 2.00 bits per heavy atom. The lowest BCUT2D eigenvalue weighted by molar-refractivity contribution is -0.121. The van der Waals surface area contributed by atoms with Crippen LogP contribution in [0.1, 0.15) is 39.0 Å². The molecule has 2 nitrogen and oxygen atoms in total. The number of nitrogens with one attached hydrogen (secondary N) is 1. The summed E-state index contributed by atoms with van der Waals surface area (Å²) in [4.78, 5) is 13.3. The van der Waals surface area contributed by atoms with E-state index in [0.717, 1.165) is 22.2 Å². The van der Waals surface area contributed by atoms with Crippen LogP contribution in [0.25, 0.3) is 0 Å². The quantitative estimate of drug-likeness (QED) is 0.823. The first kappa shape index (κ1) is 14.9. The summed E-state index contributed by atoms with van der Waals surface area (Å²) in [5.74, 6) is 0.160. The van der Waals surface area contributed by atoms with E-state index >= 15 is 0 Å². The minimum Gasteiger partial charge on any atom is -0.352 e. The first-order valence-electron chi connectivity index (χ1n) is 6.88. The molecule has 0 heterocycles. The lowest BCUT2D eigenvalue weighted by atomic mass is 9.95. The third-order valence-electron chi connectivity index (χ3n) is 3.46. The van der Waals surface area contributed by atoms with Crippen LogP contribution in [0.3, 0.4) is 0 Å². The number of halogens is 1. The molecule has 1 N–H and O–H groups in total. The summed E-state index contributed by atoms with van der Waals surface area (Å²) in [6, 6.07) is 8.43.